The van der Waals surface area contributed by atoms with Crippen molar-refractivity contribution in [2.75, 3.05) is 0 Å². The number of halogens is 1. The maximum atomic E-state index is 7.45. The van der Waals surface area contributed by atoms with Crippen molar-refractivity contribution in [2.45, 2.75) is 6.61 Å². The number of pyridine rings is 1. The molecule has 0 aliphatic carbocycles. The van der Waals surface area contributed by atoms with E-state index >= 15 is 0 Å². The molecule has 92 valence electrons. The van der Waals surface area contributed by atoms with Crippen LogP contribution in [0, 0.1) is 5.41 Å². The third kappa shape index (κ3) is 2.87. The predicted octanol–water partition coefficient (Wildman–Crippen LogP) is 2.71. The van der Waals surface area contributed by atoms with Gasteiger partial charge in [0.15, 0.2) is 0 Å². The van der Waals surface area contributed by atoms with Crippen LogP contribution in [0.4, 0.5) is 0 Å². The van der Waals surface area contributed by atoms with Crippen molar-refractivity contribution >= 4 is 21.8 Å². The molecule has 4 nitrogen and oxygen atoms in total. The molecule has 1 aromatic carbocycles. The van der Waals surface area contributed by atoms with Gasteiger partial charge in [-0.15, -0.1) is 0 Å². The number of amidine groups is 1. The number of hydrogen-bond donors (Lipinski definition) is 2. The minimum Gasteiger partial charge on any atom is -0.472 e. The van der Waals surface area contributed by atoms with E-state index in [1.54, 1.807) is 18.3 Å². The van der Waals surface area contributed by atoms with Crippen LogP contribution in [-0.2, 0) is 6.61 Å². The number of nitrogen functional groups attached to an aromatic ring is 1. The van der Waals surface area contributed by atoms with Crippen LogP contribution in [0.3, 0.4) is 0 Å². The molecule has 0 spiro atoms. The maximum absolute atomic E-state index is 7.45. The van der Waals surface area contributed by atoms with Crippen molar-refractivity contribution in [3.8, 4) is 5.88 Å². The molecular weight excluding hydrogens is 294 g/mol. The highest BCUT2D eigenvalue weighted by Gasteiger charge is 2.08. The molecule has 1 heterocycles. The lowest BCUT2D eigenvalue weighted by molar-refractivity contribution is 0.292. The number of ether oxygens (including phenoxy) is 1. The molecule has 0 saturated heterocycles. The summed E-state index contributed by atoms with van der Waals surface area (Å²) in [4.78, 5) is 4.09. The van der Waals surface area contributed by atoms with Crippen LogP contribution in [0.1, 0.15) is 11.1 Å². The van der Waals surface area contributed by atoms with Gasteiger partial charge < -0.3 is 10.5 Å². The minimum atomic E-state index is -0.0507. The molecule has 0 radical (unpaired) electrons. The summed E-state index contributed by atoms with van der Waals surface area (Å²) in [7, 11) is 0. The molecule has 0 bridgehead atoms. The lowest BCUT2D eigenvalue weighted by Crippen LogP contribution is -2.13. The predicted molar refractivity (Wildman–Crippen MR) is 73.7 cm³/mol. The van der Waals surface area contributed by atoms with E-state index in [9.17, 15) is 0 Å². The zero-order valence-corrected chi connectivity index (χ0v) is 11.1. The van der Waals surface area contributed by atoms with Crippen molar-refractivity contribution in [3.63, 3.8) is 0 Å². The van der Waals surface area contributed by atoms with Crippen LogP contribution in [0.25, 0.3) is 0 Å². The summed E-state index contributed by atoms with van der Waals surface area (Å²) >= 11 is 3.45. The van der Waals surface area contributed by atoms with Gasteiger partial charge in [-0.2, -0.15) is 0 Å². The first-order valence-corrected chi connectivity index (χ1v) is 6.13. The summed E-state index contributed by atoms with van der Waals surface area (Å²) < 4.78 is 6.58. The fraction of sp³-hybridized carbons (Fsp3) is 0.0769. The quantitative estimate of drug-likeness (QED) is 0.674. The van der Waals surface area contributed by atoms with E-state index in [0.29, 0.717) is 18.1 Å². The van der Waals surface area contributed by atoms with E-state index < -0.39 is 0 Å². The average molecular weight is 306 g/mol. The van der Waals surface area contributed by atoms with E-state index in [0.717, 1.165) is 10.0 Å². The van der Waals surface area contributed by atoms with Crippen LogP contribution < -0.4 is 10.5 Å². The lowest BCUT2D eigenvalue weighted by Gasteiger charge is -2.10. The standard InChI is InChI=1S/C13H12BrN3O/c14-11-6-2-1-4-9(11)8-18-13-10(12(15)16)5-3-7-17-13/h1-7H,8H2,(H3,15,16). The van der Waals surface area contributed by atoms with E-state index in [2.05, 4.69) is 20.9 Å². The summed E-state index contributed by atoms with van der Waals surface area (Å²) in [5, 5.41) is 7.45. The Morgan fingerprint density at radius 2 is 2.06 bits per heavy atom. The van der Waals surface area contributed by atoms with Crippen molar-refractivity contribution in [2.24, 2.45) is 5.73 Å². The van der Waals surface area contributed by atoms with Gasteiger partial charge in [-0.3, -0.25) is 5.41 Å². The Balaban J connectivity index is 2.16. The van der Waals surface area contributed by atoms with Crippen molar-refractivity contribution in [1.82, 2.24) is 4.98 Å². The van der Waals surface area contributed by atoms with E-state index in [1.165, 1.54) is 0 Å². The highest BCUT2D eigenvalue weighted by atomic mass is 79.9. The molecule has 0 atom stereocenters. The third-order valence-electron chi connectivity index (χ3n) is 2.38. The van der Waals surface area contributed by atoms with E-state index in [1.807, 2.05) is 24.3 Å². The molecule has 1 aromatic heterocycles. The topological polar surface area (TPSA) is 72.0 Å². The molecular formula is C13H12BrN3O. The van der Waals surface area contributed by atoms with Gasteiger partial charge in [0, 0.05) is 16.2 Å². The Morgan fingerprint density at radius 3 is 2.78 bits per heavy atom. The molecule has 3 N–H and O–H groups in total. The number of benzene rings is 1. The minimum absolute atomic E-state index is 0.0507. The Labute approximate surface area is 113 Å². The van der Waals surface area contributed by atoms with Gasteiger partial charge in [-0.25, -0.2) is 4.98 Å². The summed E-state index contributed by atoms with van der Waals surface area (Å²) in [6.07, 6.45) is 1.61. The van der Waals surface area contributed by atoms with Gasteiger partial charge in [0.1, 0.15) is 12.4 Å². The monoisotopic (exact) mass is 305 g/mol. The average Bonchev–Trinajstić information content (AvgIpc) is 2.38. The van der Waals surface area contributed by atoms with Crippen LogP contribution in [0.2, 0.25) is 0 Å². The second-order valence-corrected chi connectivity index (χ2v) is 4.50. The molecule has 2 rings (SSSR count). The first kappa shape index (κ1) is 12.6. The number of rotatable bonds is 4. The van der Waals surface area contributed by atoms with Crippen molar-refractivity contribution in [3.05, 3.63) is 58.2 Å². The van der Waals surface area contributed by atoms with Gasteiger partial charge in [-0.1, -0.05) is 34.1 Å². The SMILES string of the molecule is N=C(N)c1cccnc1OCc1ccccc1Br. The van der Waals surface area contributed by atoms with Crippen molar-refractivity contribution < 1.29 is 4.74 Å². The Bertz CT molecular complexity index is 572. The third-order valence-corrected chi connectivity index (χ3v) is 3.16. The zero-order chi connectivity index (χ0) is 13.0. The normalized spacial score (nSPS) is 10.1. The summed E-state index contributed by atoms with van der Waals surface area (Å²) in [6.45, 7) is 0.374. The Kier molecular flexibility index (Phi) is 3.94. The van der Waals surface area contributed by atoms with Gasteiger partial charge in [0.25, 0.3) is 0 Å². The molecule has 2 aromatic rings. The second kappa shape index (κ2) is 5.64. The van der Waals surface area contributed by atoms with E-state index in [-0.39, 0.29) is 5.84 Å². The van der Waals surface area contributed by atoms with Crippen LogP contribution in [0.5, 0.6) is 5.88 Å². The highest BCUT2D eigenvalue weighted by molar-refractivity contribution is 9.10. The first-order valence-electron chi connectivity index (χ1n) is 5.34. The molecule has 0 aliphatic heterocycles. The number of nitrogens with two attached hydrogens (primary N) is 1. The smallest absolute Gasteiger partial charge is 0.224 e. The highest BCUT2D eigenvalue weighted by Crippen LogP contribution is 2.19. The molecule has 0 aliphatic rings. The van der Waals surface area contributed by atoms with Crippen LogP contribution in [-0.4, -0.2) is 10.8 Å². The number of aromatic nitrogens is 1. The fourth-order valence-electron chi connectivity index (χ4n) is 1.47. The summed E-state index contributed by atoms with van der Waals surface area (Å²) in [5.41, 5.74) is 6.98. The lowest BCUT2D eigenvalue weighted by atomic mass is 10.2. The Morgan fingerprint density at radius 1 is 1.28 bits per heavy atom. The molecule has 0 saturated carbocycles. The second-order valence-electron chi connectivity index (χ2n) is 3.65. The molecule has 0 amide bonds. The van der Waals surface area contributed by atoms with E-state index in [4.69, 9.17) is 15.9 Å². The first-order chi connectivity index (χ1) is 8.68. The molecule has 0 fully saturated rings. The van der Waals surface area contributed by atoms with Gasteiger partial charge in [0.2, 0.25) is 5.88 Å². The number of hydrogen-bond acceptors (Lipinski definition) is 3. The summed E-state index contributed by atoms with van der Waals surface area (Å²) in [5.74, 6) is 0.325. The fourth-order valence-corrected chi connectivity index (χ4v) is 1.87. The molecule has 5 heteroatoms. The van der Waals surface area contributed by atoms with Crippen molar-refractivity contribution in [1.29, 1.82) is 5.41 Å². The molecule has 18 heavy (non-hydrogen) atoms. The van der Waals surface area contributed by atoms with Crippen LogP contribution >= 0.6 is 15.9 Å². The van der Waals surface area contributed by atoms with Gasteiger partial charge in [-0.05, 0) is 18.2 Å². The summed E-state index contributed by atoms with van der Waals surface area (Å²) in [6, 6.07) is 11.2. The maximum Gasteiger partial charge on any atom is 0.224 e. The van der Waals surface area contributed by atoms with Gasteiger partial charge >= 0.3 is 0 Å². The largest absolute Gasteiger partial charge is 0.472 e. The number of nitrogens with one attached hydrogen (secondary N) is 1. The Hall–Kier alpha value is -1.88. The molecule has 0 unspecified atom stereocenters. The van der Waals surface area contributed by atoms with Gasteiger partial charge in [0.05, 0.1) is 5.56 Å². The zero-order valence-electron chi connectivity index (χ0n) is 9.56. The van der Waals surface area contributed by atoms with Crippen LogP contribution in [0.15, 0.2) is 47.1 Å². The number of nitrogens with zero attached hydrogens (tertiary/aromatic N) is 1.